The molecule has 0 saturated heterocycles. The predicted molar refractivity (Wildman–Crippen MR) is 105 cm³/mol. The van der Waals surface area contributed by atoms with Crippen molar-refractivity contribution in [2.45, 2.75) is 26.4 Å². The lowest BCUT2D eigenvalue weighted by Gasteiger charge is -2.17. The molecule has 0 fully saturated rings. The second-order valence-corrected chi connectivity index (χ2v) is 7.05. The van der Waals surface area contributed by atoms with E-state index in [1.807, 2.05) is 42.5 Å². The van der Waals surface area contributed by atoms with Crippen LogP contribution in [0, 0.1) is 5.92 Å². The van der Waals surface area contributed by atoms with Gasteiger partial charge in [-0.05, 0) is 30.5 Å². The highest BCUT2D eigenvalue weighted by atomic mass is 16.5. The van der Waals surface area contributed by atoms with Crippen molar-refractivity contribution in [1.29, 1.82) is 0 Å². The zero-order valence-electron chi connectivity index (χ0n) is 15.3. The summed E-state index contributed by atoms with van der Waals surface area (Å²) in [5, 5.41) is 0.982. The molecule has 1 atom stereocenters. The number of para-hydroxylation sites is 1. The molecule has 4 aromatic rings. The molecular weight excluding hydrogens is 338 g/mol. The van der Waals surface area contributed by atoms with Crippen LogP contribution in [0.1, 0.15) is 42.6 Å². The third-order valence-corrected chi connectivity index (χ3v) is 4.49. The minimum Gasteiger partial charge on any atom is -0.451 e. The van der Waals surface area contributed by atoms with Crippen molar-refractivity contribution < 1.29 is 9.53 Å². The maximum atomic E-state index is 12.6. The van der Waals surface area contributed by atoms with Gasteiger partial charge in [-0.1, -0.05) is 50.2 Å². The number of H-pyrrole nitrogens is 1. The van der Waals surface area contributed by atoms with E-state index in [0.717, 1.165) is 21.9 Å². The summed E-state index contributed by atoms with van der Waals surface area (Å²) in [6, 6.07) is 16.9. The molecule has 0 radical (unpaired) electrons. The molecule has 0 bridgehead atoms. The van der Waals surface area contributed by atoms with Crippen molar-refractivity contribution in [3.05, 3.63) is 72.2 Å². The van der Waals surface area contributed by atoms with Crippen LogP contribution in [0.2, 0.25) is 0 Å². The van der Waals surface area contributed by atoms with Gasteiger partial charge in [-0.3, -0.25) is 4.98 Å². The molecule has 0 saturated carbocycles. The summed E-state index contributed by atoms with van der Waals surface area (Å²) in [4.78, 5) is 25.1. The summed E-state index contributed by atoms with van der Waals surface area (Å²) < 4.78 is 5.82. The van der Waals surface area contributed by atoms with Crippen LogP contribution in [0.3, 0.4) is 0 Å². The molecule has 0 amide bonds. The summed E-state index contributed by atoms with van der Waals surface area (Å²) in [5.74, 6) is 0.660. The molecule has 5 heteroatoms. The van der Waals surface area contributed by atoms with Crippen LogP contribution in [-0.4, -0.2) is 20.9 Å². The van der Waals surface area contributed by atoms with Crippen LogP contribution < -0.4 is 0 Å². The number of fused-ring (bicyclic) bond motifs is 3. The lowest BCUT2D eigenvalue weighted by molar-refractivity contribution is 0.0227. The van der Waals surface area contributed by atoms with E-state index in [1.165, 1.54) is 0 Å². The van der Waals surface area contributed by atoms with Gasteiger partial charge < -0.3 is 9.72 Å². The topological polar surface area (TPSA) is 67.9 Å². The Morgan fingerprint density at radius 2 is 1.81 bits per heavy atom. The van der Waals surface area contributed by atoms with Crippen LogP contribution in [0.4, 0.5) is 0 Å². The average molecular weight is 359 g/mol. The van der Waals surface area contributed by atoms with E-state index < -0.39 is 6.10 Å². The van der Waals surface area contributed by atoms with Crippen molar-refractivity contribution >= 4 is 27.9 Å². The lowest BCUT2D eigenvalue weighted by Crippen LogP contribution is -2.15. The number of benzene rings is 2. The first-order valence-corrected chi connectivity index (χ1v) is 9.11. The Bertz CT molecular complexity index is 1090. The number of nitrogens with one attached hydrogen (secondary N) is 1. The van der Waals surface area contributed by atoms with Crippen molar-refractivity contribution in [1.82, 2.24) is 15.0 Å². The highest BCUT2D eigenvalue weighted by molar-refractivity contribution is 6.01. The zero-order valence-corrected chi connectivity index (χ0v) is 15.3. The first-order chi connectivity index (χ1) is 13.1. The molecule has 0 spiro atoms. The Labute approximate surface area is 157 Å². The van der Waals surface area contributed by atoms with Crippen molar-refractivity contribution in [3.63, 3.8) is 0 Å². The van der Waals surface area contributed by atoms with Crippen LogP contribution in [0.15, 0.2) is 60.8 Å². The van der Waals surface area contributed by atoms with E-state index in [-0.39, 0.29) is 5.97 Å². The van der Waals surface area contributed by atoms with Crippen molar-refractivity contribution in [2.75, 3.05) is 0 Å². The molecule has 1 unspecified atom stereocenters. The molecule has 0 aliphatic rings. The van der Waals surface area contributed by atoms with Crippen molar-refractivity contribution in [2.24, 2.45) is 5.92 Å². The summed E-state index contributed by atoms with van der Waals surface area (Å²) in [6.07, 6.45) is 2.02. The number of pyridine rings is 1. The number of carbonyl (C=O) groups is 1. The second kappa shape index (κ2) is 7.19. The molecule has 0 aliphatic carbocycles. The number of rotatable bonds is 5. The van der Waals surface area contributed by atoms with E-state index in [2.05, 4.69) is 23.8 Å². The van der Waals surface area contributed by atoms with Crippen LogP contribution in [-0.2, 0) is 4.74 Å². The molecule has 2 heterocycles. The Balaban J connectivity index is 1.71. The predicted octanol–water partition coefficient (Wildman–Crippen LogP) is 5.06. The number of esters is 1. The molecule has 136 valence electrons. The van der Waals surface area contributed by atoms with Gasteiger partial charge in [0.1, 0.15) is 5.82 Å². The van der Waals surface area contributed by atoms with Crippen LogP contribution >= 0.6 is 0 Å². The van der Waals surface area contributed by atoms with Crippen LogP contribution in [0.5, 0.6) is 0 Å². The number of imidazole rings is 1. The quantitative estimate of drug-likeness (QED) is 0.506. The minimum absolute atomic E-state index is 0.343. The van der Waals surface area contributed by atoms with Gasteiger partial charge in [-0.2, -0.15) is 0 Å². The molecule has 2 aromatic carbocycles. The van der Waals surface area contributed by atoms with Gasteiger partial charge in [0.05, 0.1) is 28.3 Å². The fraction of sp³-hybridized carbons (Fsp3) is 0.227. The van der Waals surface area contributed by atoms with Gasteiger partial charge in [0.15, 0.2) is 6.10 Å². The zero-order chi connectivity index (χ0) is 18.8. The molecule has 4 rings (SSSR count). The molecule has 5 nitrogen and oxygen atoms in total. The third-order valence-electron chi connectivity index (χ3n) is 4.49. The first kappa shape index (κ1) is 17.2. The third kappa shape index (κ3) is 3.53. The van der Waals surface area contributed by atoms with E-state index in [9.17, 15) is 4.79 Å². The summed E-state index contributed by atoms with van der Waals surface area (Å²) in [5.41, 5.74) is 3.12. The maximum absolute atomic E-state index is 12.6. The smallest absolute Gasteiger partial charge is 0.338 e. The number of ether oxygens (including phenoxy) is 1. The molecule has 0 aliphatic heterocycles. The van der Waals surface area contributed by atoms with Crippen molar-refractivity contribution in [3.8, 4) is 0 Å². The minimum atomic E-state index is -0.441. The lowest BCUT2D eigenvalue weighted by atomic mass is 10.1. The number of nitrogens with zero attached hydrogens (tertiary/aromatic N) is 2. The van der Waals surface area contributed by atoms with E-state index in [1.54, 1.807) is 18.3 Å². The summed E-state index contributed by atoms with van der Waals surface area (Å²) in [6.45, 7) is 4.20. The van der Waals surface area contributed by atoms with Gasteiger partial charge in [0, 0.05) is 5.39 Å². The number of hydrogen-bond donors (Lipinski definition) is 1. The number of hydrogen-bond acceptors (Lipinski definition) is 4. The molecule has 1 N–H and O–H groups in total. The number of carbonyl (C=O) groups excluding carboxylic acids is 1. The van der Waals surface area contributed by atoms with Gasteiger partial charge >= 0.3 is 5.97 Å². The van der Waals surface area contributed by atoms with E-state index in [0.29, 0.717) is 23.7 Å². The Morgan fingerprint density at radius 3 is 2.59 bits per heavy atom. The average Bonchev–Trinajstić information content (AvgIpc) is 3.12. The Morgan fingerprint density at radius 1 is 1.07 bits per heavy atom. The maximum Gasteiger partial charge on any atom is 0.338 e. The second-order valence-electron chi connectivity index (χ2n) is 7.05. The highest BCUT2D eigenvalue weighted by Gasteiger charge is 2.23. The van der Waals surface area contributed by atoms with Gasteiger partial charge in [0.2, 0.25) is 0 Å². The SMILES string of the molecule is CC(C)CC(OC(=O)c1ccccc1)c1nc2c(cnc3ccccc32)[nH]1. The molecule has 27 heavy (non-hydrogen) atoms. The fourth-order valence-corrected chi connectivity index (χ4v) is 3.19. The van der Waals surface area contributed by atoms with E-state index >= 15 is 0 Å². The Hall–Kier alpha value is -3.21. The Kier molecular flexibility index (Phi) is 4.59. The largest absolute Gasteiger partial charge is 0.451 e. The van der Waals surface area contributed by atoms with Gasteiger partial charge in [-0.15, -0.1) is 0 Å². The number of aromatic amines is 1. The highest BCUT2D eigenvalue weighted by Crippen LogP contribution is 2.28. The summed E-state index contributed by atoms with van der Waals surface area (Å²) >= 11 is 0. The van der Waals surface area contributed by atoms with Crippen LogP contribution in [0.25, 0.3) is 21.9 Å². The number of aromatic nitrogens is 3. The van der Waals surface area contributed by atoms with Gasteiger partial charge in [-0.25, -0.2) is 9.78 Å². The van der Waals surface area contributed by atoms with Gasteiger partial charge in [0.25, 0.3) is 0 Å². The monoisotopic (exact) mass is 359 g/mol. The first-order valence-electron chi connectivity index (χ1n) is 9.11. The fourth-order valence-electron chi connectivity index (χ4n) is 3.19. The standard InChI is InChI=1S/C22H21N3O2/c1-14(2)12-19(27-22(26)15-8-4-3-5-9-15)21-24-18-13-23-17-11-7-6-10-16(17)20(18)25-21/h3-11,13-14,19H,12H2,1-2H3,(H,24,25). The molecular formula is C22H21N3O2. The molecule has 2 aromatic heterocycles. The van der Waals surface area contributed by atoms with E-state index in [4.69, 9.17) is 9.72 Å². The summed E-state index contributed by atoms with van der Waals surface area (Å²) in [7, 11) is 0. The normalized spacial score (nSPS) is 12.6.